The average molecular weight is 457 g/mol. The van der Waals surface area contributed by atoms with Crippen LogP contribution in [0.15, 0.2) is 71.6 Å². The van der Waals surface area contributed by atoms with Gasteiger partial charge in [0.1, 0.15) is 11.6 Å². The predicted molar refractivity (Wildman–Crippen MR) is 118 cm³/mol. The molecule has 4 rings (SSSR count). The van der Waals surface area contributed by atoms with Crippen molar-refractivity contribution < 1.29 is 18.2 Å². The molecule has 8 heteroatoms. The summed E-state index contributed by atoms with van der Waals surface area (Å²) >= 11 is 6.13. The lowest BCUT2D eigenvalue weighted by molar-refractivity contribution is -0.116. The number of carbonyl (C=O) groups is 2. The van der Waals surface area contributed by atoms with Gasteiger partial charge in [0, 0.05) is 17.1 Å². The number of benzene rings is 3. The van der Waals surface area contributed by atoms with Crippen LogP contribution < -0.4 is 10.2 Å². The fourth-order valence-corrected chi connectivity index (χ4v) is 4.69. The number of amides is 2. The lowest BCUT2D eigenvalue weighted by atomic mass is 10.1. The zero-order valence-corrected chi connectivity index (χ0v) is 17.9. The van der Waals surface area contributed by atoms with Crippen molar-refractivity contribution in [3.05, 3.63) is 94.3 Å². The van der Waals surface area contributed by atoms with E-state index in [9.17, 15) is 18.2 Å². The summed E-state index contributed by atoms with van der Waals surface area (Å²) in [5, 5.41) is 3.37. The summed E-state index contributed by atoms with van der Waals surface area (Å²) in [5.41, 5.74) is 2.26. The van der Waals surface area contributed by atoms with Crippen molar-refractivity contribution in [1.82, 2.24) is 5.32 Å². The quantitative estimate of drug-likeness (QED) is 0.629. The van der Waals surface area contributed by atoms with Crippen molar-refractivity contribution >= 4 is 39.9 Å². The minimum absolute atomic E-state index is 0.133. The highest BCUT2D eigenvalue weighted by atomic mass is 35.5. The maximum atomic E-state index is 13.2. The van der Waals surface area contributed by atoms with Crippen LogP contribution in [-0.4, -0.2) is 21.8 Å². The number of rotatable bonds is 5. The second kappa shape index (κ2) is 8.99. The molecule has 3 aromatic rings. The van der Waals surface area contributed by atoms with Crippen LogP contribution in [0.3, 0.4) is 0 Å². The first-order valence-corrected chi connectivity index (χ1v) is 11.2. The van der Waals surface area contributed by atoms with E-state index in [1.807, 2.05) is 18.2 Å². The molecule has 0 radical (unpaired) electrons. The smallest absolute Gasteiger partial charge is 0.251 e. The maximum Gasteiger partial charge on any atom is 0.251 e. The van der Waals surface area contributed by atoms with E-state index < -0.39 is 10.8 Å². The molecule has 5 nitrogen and oxygen atoms in total. The Morgan fingerprint density at radius 1 is 1.10 bits per heavy atom. The van der Waals surface area contributed by atoms with E-state index >= 15 is 0 Å². The zero-order chi connectivity index (χ0) is 22.0. The fraction of sp³-hybridized carbons (Fsp3) is 0.130. The first kappa shape index (κ1) is 21.2. The Labute approximate surface area is 186 Å². The summed E-state index contributed by atoms with van der Waals surface area (Å²) in [6, 6.07) is 17.8. The third-order valence-corrected chi connectivity index (χ3v) is 6.68. The molecule has 1 N–H and O–H groups in total. The van der Waals surface area contributed by atoms with Crippen molar-refractivity contribution in [2.75, 3.05) is 10.7 Å². The number of hydrogen-bond donors (Lipinski definition) is 1. The van der Waals surface area contributed by atoms with Crippen molar-refractivity contribution in [2.24, 2.45) is 0 Å². The van der Waals surface area contributed by atoms with E-state index in [1.54, 1.807) is 36.4 Å². The summed E-state index contributed by atoms with van der Waals surface area (Å²) in [6.07, 6.45) is 0. The molecule has 0 spiro atoms. The van der Waals surface area contributed by atoms with E-state index in [0.717, 1.165) is 11.1 Å². The van der Waals surface area contributed by atoms with E-state index in [2.05, 4.69) is 5.32 Å². The number of anilines is 1. The molecule has 0 aromatic heterocycles. The van der Waals surface area contributed by atoms with Gasteiger partial charge in [-0.1, -0.05) is 41.9 Å². The lowest BCUT2D eigenvalue weighted by Crippen LogP contribution is -2.38. The largest absolute Gasteiger partial charge is 0.348 e. The summed E-state index contributed by atoms with van der Waals surface area (Å²) < 4.78 is 25.7. The van der Waals surface area contributed by atoms with E-state index in [4.69, 9.17) is 11.6 Å². The Morgan fingerprint density at radius 2 is 1.84 bits per heavy atom. The van der Waals surface area contributed by atoms with Gasteiger partial charge in [0.2, 0.25) is 5.91 Å². The molecule has 2 amide bonds. The van der Waals surface area contributed by atoms with Gasteiger partial charge >= 0.3 is 0 Å². The van der Waals surface area contributed by atoms with Crippen LogP contribution in [0, 0.1) is 5.82 Å². The number of hydrogen-bond acceptors (Lipinski definition) is 3. The molecule has 1 aliphatic heterocycles. The van der Waals surface area contributed by atoms with Crippen LogP contribution in [0.5, 0.6) is 0 Å². The van der Waals surface area contributed by atoms with Crippen LogP contribution in [-0.2, 0) is 28.7 Å². The number of nitrogens with zero attached hydrogens (tertiary/aromatic N) is 1. The van der Waals surface area contributed by atoms with Crippen molar-refractivity contribution in [3.63, 3.8) is 0 Å². The zero-order valence-electron chi connectivity index (χ0n) is 16.3. The second-order valence-corrected chi connectivity index (χ2v) is 8.88. The van der Waals surface area contributed by atoms with Gasteiger partial charge < -0.3 is 10.2 Å². The molecule has 1 heterocycles. The second-order valence-electron chi connectivity index (χ2n) is 7.05. The SMILES string of the molecule is O=C(NCc1ccccc1Cl)c1ccc2c(c1)N(Cc1ccc(F)cc1)C(=O)C[S@]2=O. The molecule has 0 bridgehead atoms. The number of nitrogens with one attached hydrogen (secondary N) is 1. The maximum absolute atomic E-state index is 13.2. The third kappa shape index (κ3) is 4.68. The molecule has 1 aliphatic rings. The van der Waals surface area contributed by atoms with E-state index in [-0.39, 0.29) is 36.5 Å². The van der Waals surface area contributed by atoms with Gasteiger partial charge in [-0.25, -0.2) is 4.39 Å². The molecule has 0 saturated carbocycles. The minimum atomic E-state index is -1.49. The molecular formula is C23H18ClFN2O3S. The van der Waals surface area contributed by atoms with E-state index in [1.165, 1.54) is 17.0 Å². The van der Waals surface area contributed by atoms with Crippen molar-refractivity contribution in [1.29, 1.82) is 0 Å². The molecule has 0 unspecified atom stereocenters. The number of carbonyl (C=O) groups excluding carboxylic acids is 2. The molecular weight excluding hydrogens is 439 g/mol. The van der Waals surface area contributed by atoms with Crippen molar-refractivity contribution in [3.8, 4) is 0 Å². The highest BCUT2D eigenvalue weighted by Crippen LogP contribution is 2.31. The molecule has 0 fully saturated rings. The Bertz CT molecular complexity index is 1180. The van der Waals surface area contributed by atoms with Gasteiger partial charge in [0.05, 0.1) is 27.9 Å². The van der Waals surface area contributed by atoms with Crippen LogP contribution in [0.2, 0.25) is 5.02 Å². The average Bonchev–Trinajstić information content (AvgIpc) is 2.76. The lowest BCUT2D eigenvalue weighted by Gasteiger charge is -2.29. The Balaban J connectivity index is 1.59. The topological polar surface area (TPSA) is 66.5 Å². The Hall–Kier alpha value is -3.03. The standard InChI is InChI=1S/C23H18ClFN2O3S/c24-19-4-2-1-3-17(19)12-26-23(29)16-7-10-21-20(11-16)27(22(28)14-31(21)30)13-15-5-8-18(25)9-6-15/h1-11H,12-14H2,(H,26,29)/t31-/m1/s1. The summed E-state index contributed by atoms with van der Waals surface area (Å²) in [4.78, 5) is 27.3. The van der Waals surface area contributed by atoms with Gasteiger partial charge in [-0.2, -0.15) is 0 Å². The normalized spacial score (nSPS) is 15.5. The van der Waals surface area contributed by atoms with Crippen LogP contribution in [0.4, 0.5) is 10.1 Å². The molecule has 1 atom stereocenters. The van der Waals surface area contributed by atoms with Crippen molar-refractivity contribution in [2.45, 2.75) is 18.0 Å². The predicted octanol–water partition coefficient (Wildman–Crippen LogP) is 4.06. The monoisotopic (exact) mass is 456 g/mol. The summed E-state index contributed by atoms with van der Waals surface area (Å²) in [6.45, 7) is 0.438. The highest BCUT2D eigenvalue weighted by Gasteiger charge is 2.30. The van der Waals surface area contributed by atoms with Crippen LogP contribution in [0.1, 0.15) is 21.5 Å². The van der Waals surface area contributed by atoms with Crippen LogP contribution >= 0.6 is 11.6 Å². The Kier molecular flexibility index (Phi) is 6.15. The molecule has 0 aliphatic carbocycles. The number of halogens is 2. The Morgan fingerprint density at radius 3 is 2.58 bits per heavy atom. The first-order chi connectivity index (χ1) is 14.9. The van der Waals surface area contributed by atoms with Gasteiger partial charge in [-0.15, -0.1) is 0 Å². The van der Waals surface area contributed by atoms with Gasteiger partial charge in [-0.3, -0.25) is 13.8 Å². The van der Waals surface area contributed by atoms with Gasteiger partial charge in [-0.05, 0) is 47.5 Å². The fourth-order valence-electron chi connectivity index (χ4n) is 3.33. The van der Waals surface area contributed by atoms with Crippen LogP contribution in [0.25, 0.3) is 0 Å². The highest BCUT2D eigenvalue weighted by molar-refractivity contribution is 7.86. The molecule has 3 aromatic carbocycles. The van der Waals surface area contributed by atoms with Gasteiger partial charge in [0.15, 0.2) is 0 Å². The minimum Gasteiger partial charge on any atom is -0.348 e. The third-order valence-electron chi connectivity index (χ3n) is 4.96. The molecule has 158 valence electrons. The molecule has 31 heavy (non-hydrogen) atoms. The summed E-state index contributed by atoms with van der Waals surface area (Å²) in [5.74, 6) is -1.16. The summed E-state index contributed by atoms with van der Waals surface area (Å²) in [7, 11) is -1.49. The first-order valence-electron chi connectivity index (χ1n) is 9.51. The van der Waals surface area contributed by atoms with E-state index in [0.29, 0.717) is 21.2 Å². The number of fused-ring (bicyclic) bond motifs is 1. The van der Waals surface area contributed by atoms with Gasteiger partial charge in [0.25, 0.3) is 5.91 Å². The molecule has 0 saturated heterocycles.